The summed E-state index contributed by atoms with van der Waals surface area (Å²) in [5.74, 6) is 0.413. The number of primary amides is 1. The summed E-state index contributed by atoms with van der Waals surface area (Å²) in [6.45, 7) is 4.62. The van der Waals surface area contributed by atoms with E-state index in [4.69, 9.17) is 5.73 Å². The van der Waals surface area contributed by atoms with Crippen LogP contribution in [0.2, 0.25) is 0 Å². The van der Waals surface area contributed by atoms with Crippen molar-refractivity contribution in [3.05, 3.63) is 65.9 Å². The molecule has 5 rings (SSSR count). The second-order valence-electron chi connectivity index (χ2n) is 7.41. The molecule has 1 amide bonds. The molecule has 3 N–H and O–H groups in total. The lowest BCUT2D eigenvalue weighted by Crippen LogP contribution is -2.46. The van der Waals surface area contributed by atoms with Crippen LogP contribution in [0.25, 0.3) is 21.9 Å². The van der Waals surface area contributed by atoms with Gasteiger partial charge < -0.3 is 15.6 Å². The first-order valence-electron chi connectivity index (χ1n) is 9.77. The molecular weight excluding hydrogens is 364 g/mol. The van der Waals surface area contributed by atoms with Gasteiger partial charge in [0.15, 0.2) is 0 Å². The zero-order valence-corrected chi connectivity index (χ0v) is 16.0. The predicted molar refractivity (Wildman–Crippen MR) is 114 cm³/mol. The first-order chi connectivity index (χ1) is 14.2. The molecule has 0 saturated carbocycles. The molecule has 7 nitrogen and oxygen atoms in total. The van der Waals surface area contributed by atoms with E-state index in [1.165, 1.54) is 10.9 Å². The van der Waals surface area contributed by atoms with Gasteiger partial charge in [-0.25, -0.2) is 4.98 Å². The van der Waals surface area contributed by atoms with E-state index < -0.39 is 5.91 Å². The van der Waals surface area contributed by atoms with Gasteiger partial charge in [0.2, 0.25) is 11.9 Å². The molecule has 0 aliphatic carbocycles. The molecule has 1 aliphatic heterocycles. The monoisotopic (exact) mass is 386 g/mol. The van der Waals surface area contributed by atoms with E-state index in [9.17, 15) is 4.79 Å². The van der Waals surface area contributed by atoms with Gasteiger partial charge in [-0.15, -0.1) is 0 Å². The standard InChI is InChI=1S/C22H22N6O/c23-21(29)15-5-6-19-20(13-15)26-22(25-19)28-11-9-27(10-12-28)14-16-7-8-24-18-4-2-1-3-17(16)18/h1-8,13H,9-12,14H2,(H2,23,29)(H,25,26). The Kier molecular flexibility index (Phi) is 4.37. The highest BCUT2D eigenvalue weighted by Crippen LogP contribution is 2.22. The Bertz CT molecular complexity index is 1190. The van der Waals surface area contributed by atoms with Crippen LogP contribution in [0, 0.1) is 0 Å². The number of hydrogen-bond acceptors (Lipinski definition) is 5. The molecule has 0 spiro atoms. The van der Waals surface area contributed by atoms with E-state index in [1.807, 2.05) is 18.3 Å². The number of nitrogens with zero attached hydrogens (tertiary/aromatic N) is 4. The van der Waals surface area contributed by atoms with E-state index in [-0.39, 0.29) is 0 Å². The first kappa shape index (κ1) is 17.6. The van der Waals surface area contributed by atoms with Crippen molar-refractivity contribution in [2.75, 3.05) is 31.1 Å². The average molecular weight is 386 g/mol. The number of carbonyl (C=O) groups is 1. The van der Waals surface area contributed by atoms with Crippen molar-refractivity contribution in [3.63, 3.8) is 0 Å². The zero-order chi connectivity index (χ0) is 19.8. The number of anilines is 1. The van der Waals surface area contributed by atoms with Gasteiger partial charge >= 0.3 is 0 Å². The molecule has 2 aromatic heterocycles. The van der Waals surface area contributed by atoms with Gasteiger partial charge in [0.05, 0.1) is 16.6 Å². The van der Waals surface area contributed by atoms with Crippen molar-refractivity contribution in [2.45, 2.75) is 6.54 Å². The molecule has 2 aromatic carbocycles. The van der Waals surface area contributed by atoms with Gasteiger partial charge in [-0.1, -0.05) is 18.2 Å². The van der Waals surface area contributed by atoms with E-state index >= 15 is 0 Å². The molecular formula is C22H22N6O. The second-order valence-corrected chi connectivity index (χ2v) is 7.41. The molecule has 146 valence electrons. The number of aromatic amines is 1. The van der Waals surface area contributed by atoms with Crippen LogP contribution < -0.4 is 10.6 Å². The number of benzene rings is 2. The SMILES string of the molecule is NC(=O)c1ccc2nc(N3CCN(Cc4ccnc5ccccc45)CC3)[nH]c2c1. The predicted octanol–water partition coefficient (Wildman–Crippen LogP) is 2.53. The number of para-hydroxylation sites is 1. The summed E-state index contributed by atoms with van der Waals surface area (Å²) in [5.41, 5.74) is 9.90. The number of imidazole rings is 1. The van der Waals surface area contributed by atoms with E-state index in [1.54, 1.807) is 12.1 Å². The Morgan fingerprint density at radius 2 is 1.86 bits per heavy atom. The summed E-state index contributed by atoms with van der Waals surface area (Å²) in [5, 5.41) is 1.22. The van der Waals surface area contributed by atoms with Crippen LogP contribution in [-0.4, -0.2) is 51.9 Å². The summed E-state index contributed by atoms with van der Waals surface area (Å²) >= 11 is 0. The topological polar surface area (TPSA) is 91.1 Å². The molecule has 7 heteroatoms. The van der Waals surface area contributed by atoms with Gasteiger partial charge in [-0.3, -0.25) is 14.7 Å². The van der Waals surface area contributed by atoms with Gasteiger partial charge in [-0.2, -0.15) is 0 Å². The molecule has 0 bridgehead atoms. The molecule has 1 aliphatic rings. The number of nitrogens with one attached hydrogen (secondary N) is 1. The van der Waals surface area contributed by atoms with Crippen LogP contribution in [0.15, 0.2) is 54.7 Å². The minimum Gasteiger partial charge on any atom is -0.366 e. The van der Waals surface area contributed by atoms with Crippen molar-refractivity contribution in [3.8, 4) is 0 Å². The maximum Gasteiger partial charge on any atom is 0.248 e. The molecule has 0 radical (unpaired) electrons. The third-order valence-corrected chi connectivity index (χ3v) is 5.56. The zero-order valence-electron chi connectivity index (χ0n) is 16.0. The minimum atomic E-state index is -0.430. The fourth-order valence-corrected chi connectivity index (χ4v) is 3.95. The summed E-state index contributed by atoms with van der Waals surface area (Å²) < 4.78 is 0. The molecule has 0 unspecified atom stereocenters. The second kappa shape index (κ2) is 7.18. The minimum absolute atomic E-state index is 0.430. The summed E-state index contributed by atoms with van der Waals surface area (Å²) in [6, 6.07) is 15.7. The number of hydrogen-bond donors (Lipinski definition) is 2. The number of pyridine rings is 1. The highest BCUT2D eigenvalue weighted by Gasteiger charge is 2.20. The summed E-state index contributed by atoms with van der Waals surface area (Å²) in [4.78, 5) is 28.6. The lowest BCUT2D eigenvalue weighted by Gasteiger charge is -2.34. The number of piperazine rings is 1. The average Bonchev–Trinajstić information content (AvgIpc) is 3.18. The van der Waals surface area contributed by atoms with Crippen LogP contribution in [0.4, 0.5) is 5.95 Å². The Balaban J connectivity index is 1.29. The fraction of sp³-hybridized carbons (Fsp3) is 0.227. The smallest absolute Gasteiger partial charge is 0.248 e. The highest BCUT2D eigenvalue weighted by atomic mass is 16.1. The highest BCUT2D eigenvalue weighted by molar-refractivity contribution is 5.96. The number of amides is 1. The molecule has 4 aromatic rings. The van der Waals surface area contributed by atoms with E-state index in [0.717, 1.165) is 55.2 Å². The van der Waals surface area contributed by atoms with Crippen LogP contribution in [0.5, 0.6) is 0 Å². The normalized spacial score (nSPS) is 15.2. The van der Waals surface area contributed by atoms with Crippen LogP contribution >= 0.6 is 0 Å². The van der Waals surface area contributed by atoms with E-state index in [2.05, 4.69) is 49.0 Å². The van der Waals surface area contributed by atoms with Crippen molar-refractivity contribution >= 4 is 33.8 Å². The maximum absolute atomic E-state index is 11.4. The number of rotatable bonds is 4. The first-order valence-corrected chi connectivity index (χ1v) is 9.77. The van der Waals surface area contributed by atoms with Gasteiger partial charge in [0.1, 0.15) is 0 Å². The molecule has 29 heavy (non-hydrogen) atoms. The third-order valence-electron chi connectivity index (χ3n) is 5.56. The maximum atomic E-state index is 11.4. The number of fused-ring (bicyclic) bond motifs is 2. The number of nitrogens with two attached hydrogens (primary N) is 1. The Morgan fingerprint density at radius 3 is 2.69 bits per heavy atom. The number of carbonyl (C=O) groups excluding carboxylic acids is 1. The van der Waals surface area contributed by atoms with Crippen LogP contribution in [0.1, 0.15) is 15.9 Å². The quantitative estimate of drug-likeness (QED) is 0.562. The van der Waals surface area contributed by atoms with Crippen molar-refractivity contribution in [2.24, 2.45) is 5.73 Å². The Morgan fingerprint density at radius 1 is 1.03 bits per heavy atom. The molecule has 0 atom stereocenters. The number of H-pyrrole nitrogens is 1. The molecule has 1 fully saturated rings. The van der Waals surface area contributed by atoms with Gasteiger partial charge in [-0.05, 0) is 35.9 Å². The Hall–Kier alpha value is -3.45. The summed E-state index contributed by atoms with van der Waals surface area (Å²) in [6.07, 6.45) is 1.89. The lowest BCUT2D eigenvalue weighted by atomic mass is 10.1. The lowest BCUT2D eigenvalue weighted by molar-refractivity contribution is 0.100. The van der Waals surface area contributed by atoms with Crippen molar-refractivity contribution < 1.29 is 4.79 Å². The van der Waals surface area contributed by atoms with Gasteiger partial charge in [0, 0.05) is 49.9 Å². The Labute approximate surface area is 168 Å². The van der Waals surface area contributed by atoms with Crippen LogP contribution in [-0.2, 0) is 6.54 Å². The van der Waals surface area contributed by atoms with Gasteiger partial charge in [0.25, 0.3) is 0 Å². The fourth-order valence-electron chi connectivity index (χ4n) is 3.95. The number of aromatic nitrogens is 3. The van der Waals surface area contributed by atoms with Crippen LogP contribution in [0.3, 0.4) is 0 Å². The third kappa shape index (κ3) is 3.40. The van der Waals surface area contributed by atoms with Crippen molar-refractivity contribution in [1.29, 1.82) is 0 Å². The van der Waals surface area contributed by atoms with Crippen molar-refractivity contribution in [1.82, 2.24) is 19.9 Å². The molecule has 3 heterocycles. The largest absolute Gasteiger partial charge is 0.366 e. The summed E-state index contributed by atoms with van der Waals surface area (Å²) in [7, 11) is 0. The molecule has 1 saturated heterocycles. The van der Waals surface area contributed by atoms with E-state index in [0.29, 0.717) is 5.56 Å².